The van der Waals surface area contributed by atoms with Crippen LogP contribution in [0.15, 0.2) is 66.9 Å². The van der Waals surface area contributed by atoms with Gasteiger partial charge >= 0.3 is 0 Å². The summed E-state index contributed by atoms with van der Waals surface area (Å²) < 4.78 is 5.72. The van der Waals surface area contributed by atoms with Crippen molar-refractivity contribution in [2.45, 2.75) is 20.0 Å². The number of hydrogen-bond donors (Lipinski definition) is 1. The molecule has 0 unspecified atom stereocenters. The van der Waals surface area contributed by atoms with Crippen LogP contribution in [0.5, 0.6) is 5.75 Å². The lowest BCUT2D eigenvalue weighted by Crippen LogP contribution is -2.15. The van der Waals surface area contributed by atoms with Gasteiger partial charge in [0.25, 0.3) is 0 Å². The molecule has 2 aromatic carbocycles. The Morgan fingerprint density at radius 3 is 2.65 bits per heavy atom. The molecular formula is C21H19ClN2O2. The molecule has 0 saturated heterocycles. The van der Waals surface area contributed by atoms with Gasteiger partial charge in [0.05, 0.1) is 6.42 Å². The van der Waals surface area contributed by atoms with Crippen molar-refractivity contribution in [3.8, 4) is 5.75 Å². The number of benzene rings is 2. The number of carbonyl (C=O) groups is 1. The second-order valence-electron chi connectivity index (χ2n) is 6.01. The van der Waals surface area contributed by atoms with Gasteiger partial charge < -0.3 is 10.1 Å². The van der Waals surface area contributed by atoms with Crippen LogP contribution in [0.1, 0.15) is 16.7 Å². The van der Waals surface area contributed by atoms with E-state index >= 15 is 0 Å². The Bertz CT molecular complexity index is 895. The first-order valence-electron chi connectivity index (χ1n) is 8.27. The summed E-state index contributed by atoms with van der Waals surface area (Å²) in [6.45, 7) is 2.39. The fourth-order valence-electron chi connectivity index (χ4n) is 2.52. The summed E-state index contributed by atoms with van der Waals surface area (Å²) in [5.41, 5.74) is 3.03. The molecule has 1 N–H and O–H groups in total. The SMILES string of the molecule is Cc1cccc(CC(=O)Nc2cc(COc3ccc(Cl)cc3)ccn2)c1. The summed E-state index contributed by atoms with van der Waals surface area (Å²) >= 11 is 5.86. The molecule has 0 radical (unpaired) electrons. The Morgan fingerprint density at radius 1 is 1.08 bits per heavy atom. The molecule has 0 aliphatic rings. The van der Waals surface area contributed by atoms with Crippen molar-refractivity contribution >= 4 is 23.3 Å². The number of anilines is 1. The van der Waals surface area contributed by atoms with Gasteiger partial charge in [-0.1, -0.05) is 41.4 Å². The first kappa shape index (κ1) is 18.0. The fraction of sp³-hybridized carbons (Fsp3) is 0.143. The number of nitrogens with one attached hydrogen (secondary N) is 1. The van der Waals surface area contributed by atoms with Gasteiger partial charge in [-0.3, -0.25) is 4.79 Å². The van der Waals surface area contributed by atoms with Crippen LogP contribution in [0, 0.1) is 6.92 Å². The third-order valence-electron chi connectivity index (χ3n) is 3.76. The van der Waals surface area contributed by atoms with Crippen molar-refractivity contribution < 1.29 is 9.53 Å². The van der Waals surface area contributed by atoms with Crippen LogP contribution >= 0.6 is 11.6 Å². The van der Waals surface area contributed by atoms with Gasteiger partial charge in [0.2, 0.25) is 5.91 Å². The molecule has 1 aromatic heterocycles. The van der Waals surface area contributed by atoms with E-state index in [-0.39, 0.29) is 5.91 Å². The summed E-state index contributed by atoms with van der Waals surface area (Å²) in [7, 11) is 0. The summed E-state index contributed by atoms with van der Waals surface area (Å²) in [6.07, 6.45) is 1.97. The van der Waals surface area contributed by atoms with Crippen LogP contribution < -0.4 is 10.1 Å². The zero-order chi connectivity index (χ0) is 18.4. The number of ether oxygens (including phenoxy) is 1. The molecule has 1 amide bonds. The van der Waals surface area contributed by atoms with E-state index in [9.17, 15) is 4.79 Å². The van der Waals surface area contributed by atoms with Crippen molar-refractivity contribution in [1.82, 2.24) is 4.98 Å². The standard InChI is InChI=1S/C21H19ClN2O2/c1-15-3-2-4-16(11-15)13-21(25)24-20-12-17(9-10-23-20)14-26-19-7-5-18(22)6-8-19/h2-12H,13-14H2,1H3,(H,23,24,25). The van der Waals surface area contributed by atoms with Crippen LogP contribution in [-0.2, 0) is 17.8 Å². The third kappa shape index (κ3) is 5.33. The lowest BCUT2D eigenvalue weighted by atomic mass is 10.1. The van der Waals surface area contributed by atoms with Gasteiger partial charge in [0.1, 0.15) is 18.2 Å². The maximum atomic E-state index is 12.2. The minimum atomic E-state index is -0.0983. The van der Waals surface area contributed by atoms with E-state index in [1.807, 2.05) is 55.5 Å². The number of rotatable bonds is 6. The Morgan fingerprint density at radius 2 is 1.88 bits per heavy atom. The molecule has 0 fully saturated rings. The highest BCUT2D eigenvalue weighted by molar-refractivity contribution is 6.30. The smallest absolute Gasteiger partial charge is 0.229 e. The monoisotopic (exact) mass is 366 g/mol. The third-order valence-corrected chi connectivity index (χ3v) is 4.01. The van der Waals surface area contributed by atoms with Crippen LogP contribution in [-0.4, -0.2) is 10.9 Å². The minimum absolute atomic E-state index is 0.0983. The van der Waals surface area contributed by atoms with Crippen molar-refractivity contribution in [2.24, 2.45) is 0 Å². The van der Waals surface area contributed by atoms with E-state index in [2.05, 4.69) is 10.3 Å². The number of amides is 1. The Balaban J connectivity index is 1.58. The minimum Gasteiger partial charge on any atom is -0.489 e. The van der Waals surface area contributed by atoms with E-state index in [0.717, 1.165) is 22.4 Å². The lowest BCUT2D eigenvalue weighted by Gasteiger charge is -2.09. The second-order valence-corrected chi connectivity index (χ2v) is 6.44. The maximum absolute atomic E-state index is 12.2. The Hall–Kier alpha value is -2.85. The number of pyridine rings is 1. The van der Waals surface area contributed by atoms with Crippen LogP contribution in [0.4, 0.5) is 5.82 Å². The van der Waals surface area contributed by atoms with Crippen LogP contribution in [0.25, 0.3) is 0 Å². The zero-order valence-electron chi connectivity index (χ0n) is 14.4. The molecule has 0 aliphatic heterocycles. The summed E-state index contributed by atoms with van der Waals surface area (Å²) in [6, 6.07) is 18.7. The molecule has 0 atom stereocenters. The van der Waals surface area contributed by atoms with Crippen molar-refractivity contribution in [2.75, 3.05) is 5.32 Å². The molecule has 0 aliphatic carbocycles. The molecule has 132 valence electrons. The van der Waals surface area contributed by atoms with Gasteiger partial charge in [-0.25, -0.2) is 4.98 Å². The molecule has 0 saturated carbocycles. The normalized spacial score (nSPS) is 10.4. The highest BCUT2D eigenvalue weighted by Gasteiger charge is 2.06. The molecule has 0 spiro atoms. The first-order chi connectivity index (χ1) is 12.6. The van der Waals surface area contributed by atoms with Crippen molar-refractivity contribution in [1.29, 1.82) is 0 Å². The van der Waals surface area contributed by atoms with Crippen molar-refractivity contribution in [3.05, 3.63) is 88.6 Å². The lowest BCUT2D eigenvalue weighted by molar-refractivity contribution is -0.115. The molecule has 3 aromatic rings. The highest BCUT2D eigenvalue weighted by Crippen LogP contribution is 2.17. The molecule has 5 heteroatoms. The predicted octanol–water partition coefficient (Wildman–Crippen LogP) is 4.80. The van der Waals surface area contributed by atoms with Gasteiger partial charge in [-0.2, -0.15) is 0 Å². The van der Waals surface area contributed by atoms with E-state index in [4.69, 9.17) is 16.3 Å². The second kappa shape index (κ2) is 8.50. The number of aryl methyl sites for hydroxylation is 1. The van der Waals surface area contributed by atoms with E-state index in [1.54, 1.807) is 18.3 Å². The van der Waals surface area contributed by atoms with Crippen molar-refractivity contribution in [3.63, 3.8) is 0 Å². The first-order valence-corrected chi connectivity index (χ1v) is 8.65. The molecule has 0 bridgehead atoms. The number of halogens is 1. The van der Waals surface area contributed by atoms with Gasteiger partial charge in [-0.05, 0) is 54.4 Å². The average Bonchev–Trinajstić information content (AvgIpc) is 2.61. The van der Waals surface area contributed by atoms with Gasteiger partial charge in [0.15, 0.2) is 0 Å². The molecule has 3 rings (SSSR count). The van der Waals surface area contributed by atoms with Crippen LogP contribution in [0.2, 0.25) is 5.02 Å². The number of hydrogen-bond acceptors (Lipinski definition) is 3. The van der Waals surface area contributed by atoms with E-state index < -0.39 is 0 Å². The fourth-order valence-corrected chi connectivity index (χ4v) is 2.65. The zero-order valence-corrected chi connectivity index (χ0v) is 15.2. The molecule has 1 heterocycles. The number of aromatic nitrogens is 1. The molecule has 4 nitrogen and oxygen atoms in total. The Kier molecular flexibility index (Phi) is 5.87. The quantitative estimate of drug-likeness (QED) is 0.681. The predicted molar refractivity (Wildman–Crippen MR) is 104 cm³/mol. The van der Waals surface area contributed by atoms with Gasteiger partial charge in [0, 0.05) is 11.2 Å². The maximum Gasteiger partial charge on any atom is 0.229 e. The van der Waals surface area contributed by atoms with Gasteiger partial charge in [-0.15, -0.1) is 0 Å². The van der Waals surface area contributed by atoms with E-state index in [1.165, 1.54) is 0 Å². The number of carbonyl (C=O) groups excluding carboxylic acids is 1. The largest absolute Gasteiger partial charge is 0.489 e. The topological polar surface area (TPSA) is 51.2 Å². The average molecular weight is 367 g/mol. The summed E-state index contributed by atoms with van der Waals surface area (Å²) in [4.78, 5) is 16.4. The highest BCUT2D eigenvalue weighted by atomic mass is 35.5. The summed E-state index contributed by atoms with van der Waals surface area (Å²) in [5, 5.41) is 3.50. The molecule has 26 heavy (non-hydrogen) atoms. The van der Waals surface area contributed by atoms with Crippen LogP contribution in [0.3, 0.4) is 0 Å². The Labute approximate surface area is 157 Å². The number of nitrogens with zero attached hydrogens (tertiary/aromatic N) is 1. The summed E-state index contributed by atoms with van der Waals surface area (Å²) in [5.74, 6) is 1.15. The van der Waals surface area contributed by atoms with E-state index in [0.29, 0.717) is 23.9 Å². The molecular weight excluding hydrogens is 348 g/mol.